The SMILES string of the molecule is Cc1nc(-c2ccccc2)n(OCC2CCN(c3ncnc4c3nc(-c3cnn(C)c3)n4C)CC2)c1C. The summed E-state index contributed by atoms with van der Waals surface area (Å²) in [7, 11) is 3.89. The molecule has 0 radical (unpaired) electrons. The highest BCUT2D eigenvalue weighted by molar-refractivity contribution is 5.86. The summed E-state index contributed by atoms with van der Waals surface area (Å²) in [5, 5.41) is 4.29. The van der Waals surface area contributed by atoms with Gasteiger partial charge in [0.15, 0.2) is 22.8 Å². The molecule has 0 N–H and O–H groups in total. The van der Waals surface area contributed by atoms with Crippen molar-refractivity contribution in [2.75, 3.05) is 24.6 Å². The van der Waals surface area contributed by atoms with Crippen molar-refractivity contribution in [3.8, 4) is 22.8 Å². The largest absolute Gasteiger partial charge is 0.412 e. The molecular weight excluding hydrogens is 466 g/mol. The van der Waals surface area contributed by atoms with E-state index in [-0.39, 0.29) is 0 Å². The Bertz CT molecular complexity index is 1540. The standard InChI is InChI=1S/C27H31N9O/c1-18-19(2)36(25(31-18)21-8-6-5-7-9-21)37-16-20-10-12-35(13-11-20)27-23-26(28-17-29-27)34(4)24(32-23)22-14-30-33(3)15-22/h5-9,14-15,17,20H,10-13,16H2,1-4H3. The highest BCUT2D eigenvalue weighted by Crippen LogP contribution is 2.30. The summed E-state index contributed by atoms with van der Waals surface area (Å²) in [5.74, 6) is 3.04. The zero-order valence-corrected chi connectivity index (χ0v) is 21.7. The Balaban J connectivity index is 1.16. The molecule has 0 unspecified atom stereocenters. The summed E-state index contributed by atoms with van der Waals surface area (Å²) in [6.07, 6.45) is 7.46. The average Bonchev–Trinajstić information content (AvgIpc) is 3.59. The summed E-state index contributed by atoms with van der Waals surface area (Å²) >= 11 is 0. The number of piperidine rings is 1. The lowest BCUT2D eigenvalue weighted by molar-refractivity contribution is 0.0716. The van der Waals surface area contributed by atoms with E-state index in [1.54, 1.807) is 11.0 Å². The van der Waals surface area contributed by atoms with Crippen molar-refractivity contribution in [2.24, 2.45) is 20.0 Å². The Morgan fingerprint density at radius 3 is 2.46 bits per heavy atom. The summed E-state index contributed by atoms with van der Waals surface area (Å²) in [6, 6.07) is 10.2. The van der Waals surface area contributed by atoms with E-state index >= 15 is 0 Å². The number of hydrogen-bond acceptors (Lipinski definition) is 7. The Kier molecular flexibility index (Phi) is 5.86. The van der Waals surface area contributed by atoms with Crippen LogP contribution in [0, 0.1) is 19.8 Å². The first-order chi connectivity index (χ1) is 18.0. The van der Waals surface area contributed by atoms with E-state index in [4.69, 9.17) is 14.8 Å². The smallest absolute Gasteiger partial charge is 0.176 e. The van der Waals surface area contributed by atoms with Crippen molar-refractivity contribution >= 4 is 17.0 Å². The van der Waals surface area contributed by atoms with Gasteiger partial charge in [0.25, 0.3) is 0 Å². The summed E-state index contributed by atoms with van der Waals surface area (Å²) in [6.45, 7) is 6.53. The van der Waals surface area contributed by atoms with E-state index in [2.05, 4.69) is 39.0 Å². The van der Waals surface area contributed by atoms with Gasteiger partial charge in [-0.25, -0.2) is 19.9 Å². The predicted molar refractivity (Wildman–Crippen MR) is 142 cm³/mol. The van der Waals surface area contributed by atoms with E-state index in [1.165, 1.54) is 0 Å². The molecule has 10 heteroatoms. The molecule has 0 spiro atoms. The van der Waals surface area contributed by atoms with Gasteiger partial charge in [-0.2, -0.15) is 9.83 Å². The molecule has 5 aromatic rings. The maximum Gasteiger partial charge on any atom is 0.176 e. The molecule has 0 saturated carbocycles. The lowest BCUT2D eigenvalue weighted by Gasteiger charge is -2.32. The zero-order valence-electron chi connectivity index (χ0n) is 21.7. The number of nitrogens with zero attached hydrogens (tertiary/aromatic N) is 9. The second kappa shape index (κ2) is 9.34. The third kappa shape index (κ3) is 4.22. The Hall–Kier alpha value is -4.21. The quantitative estimate of drug-likeness (QED) is 0.354. The van der Waals surface area contributed by atoms with Gasteiger partial charge in [-0.3, -0.25) is 4.68 Å². The molecule has 1 aliphatic rings. The highest BCUT2D eigenvalue weighted by atomic mass is 16.7. The molecule has 10 nitrogen and oxygen atoms in total. The Morgan fingerprint density at radius 1 is 0.946 bits per heavy atom. The van der Waals surface area contributed by atoms with E-state index < -0.39 is 0 Å². The fraction of sp³-hybridized carbons (Fsp3) is 0.370. The molecule has 6 rings (SSSR count). The van der Waals surface area contributed by atoms with Gasteiger partial charge in [0.05, 0.1) is 23.1 Å². The van der Waals surface area contributed by atoms with Crippen LogP contribution in [0.1, 0.15) is 24.2 Å². The predicted octanol–water partition coefficient (Wildman–Crippen LogP) is 3.59. The van der Waals surface area contributed by atoms with Crippen LogP contribution in [0.15, 0.2) is 49.1 Å². The molecule has 0 amide bonds. The van der Waals surface area contributed by atoms with Crippen LogP contribution in [0.4, 0.5) is 5.82 Å². The molecule has 0 aliphatic carbocycles. The molecule has 0 atom stereocenters. The second-order valence-electron chi connectivity index (χ2n) is 9.76. The van der Waals surface area contributed by atoms with Gasteiger partial charge in [0.1, 0.15) is 18.8 Å². The topological polar surface area (TPSA) is 91.7 Å². The van der Waals surface area contributed by atoms with Crippen molar-refractivity contribution in [1.82, 2.24) is 39.0 Å². The minimum Gasteiger partial charge on any atom is -0.412 e. The van der Waals surface area contributed by atoms with Crippen molar-refractivity contribution in [2.45, 2.75) is 26.7 Å². The van der Waals surface area contributed by atoms with E-state index in [0.717, 1.165) is 77.1 Å². The van der Waals surface area contributed by atoms with Gasteiger partial charge < -0.3 is 14.3 Å². The molecule has 190 valence electrons. The maximum absolute atomic E-state index is 6.35. The molecule has 1 saturated heterocycles. The molecule has 5 heterocycles. The number of aromatic nitrogens is 8. The van der Waals surface area contributed by atoms with Crippen LogP contribution >= 0.6 is 0 Å². The van der Waals surface area contributed by atoms with Gasteiger partial charge in [0.2, 0.25) is 0 Å². The van der Waals surface area contributed by atoms with E-state index in [9.17, 15) is 0 Å². The number of benzene rings is 1. The first-order valence-electron chi connectivity index (χ1n) is 12.7. The monoisotopic (exact) mass is 497 g/mol. The first kappa shape index (κ1) is 23.2. The summed E-state index contributed by atoms with van der Waals surface area (Å²) in [5.41, 5.74) is 5.71. The van der Waals surface area contributed by atoms with Crippen molar-refractivity contribution in [3.63, 3.8) is 0 Å². The first-order valence-corrected chi connectivity index (χ1v) is 12.7. The third-order valence-corrected chi connectivity index (χ3v) is 7.28. The lowest BCUT2D eigenvalue weighted by Crippen LogP contribution is -2.37. The number of hydrogen-bond donors (Lipinski definition) is 0. The zero-order chi connectivity index (χ0) is 25.5. The fourth-order valence-electron chi connectivity index (χ4n) is 5.02. The lowest BCUT2D eigenvalue weighted by atomic mass is 9.98. The van der Waals surface area contributed by atoms with Gasteiger partial charge in [-0.1, -0.05) is 30.3 Å². The minimum absolute atomic E-state index is 0.453. The van der Waals surface area contributed by atoms with Crippen LogP contribution in [0.3, 0.4) is 0 Å². The molecule has 1 fully saturated rings. The minimum atomic E-state index is 0.453. The van der Waals surface area contributed by atoms with Gasteiger partial charge in [0, 0.05) is 38.9 Å². The van der Waals surface area contributed by atoms with Crippen LogP contribution < -0.4 is 9.74 Å². The Labute approximate surface area is 215 Å². The average molecular weight is 498 g/mol. The second-order valence-corrected chi connectivity index (χ2v) is 9.76. The van der Waals surface area contributed by atoms with E-state index in [0.29, 0.717) is 12.5 Å². The normalized spacial score (nSPS) is 14.5. The van der Waals surface area contributed by atoms with Crippen molar-refractivity contribution < 1.29 is 4.84 Å². The number of fused-ring (bicyclic) bond motifs is 1. The van der Waals surface area contributed by atoms with E-state index in [1.807, 2.05) is 60.9 Å². The van der Waals surface area contributed by atoms with Gasteiger partial charge in [-0.05, 0) is 32.6 Å². The molecule has 1 aromatic carbocycles. The highest BCUT2D eigenvalue weighted by Gasteiger charge is 2.25. The van der Waals surface area contributed by atoms with Crippen LogP contribution in [0.5, 0.6) is 0 Å². The summed E-state index contributed by atoms with van der Waals surface area (Å²) < 4.78 is 5.69. The summed E-state index contributed by atoms with van der Waals surface area (Å²) in [4.78, 5) is 27.5. The number of aryl methyl sites for hydroxylation is 3. The van der Waals surface area contributed by atoms with Crippen LogP contribution in [0.2, 0.25) is 0 Å². The number of rotatable bonds is 6. The van der Waals surface area contributed by atoms with Crippen LogP contribution in [-0.4, -0.2) is 58.7 Å². The molecule has 0 bridgehead atoms. The Morgan fingerprint density at radius 2 is 1.73 bits per heavy atom. The number of anilines is 1. The van der Waals surface area contributed by atoms with Crippen LogP contribution in [-0.2, 0) is 14.1 Å². The molecular formula is C27H31N9O. The maximum atomic E-state index is 6.35. The molecule has 4 aromatic heterocycles. The molecule has 37 heavy (non-hydrogen) atoms. The van der Waals surface area contributed by atoms with Gasteiger partial charge >= 0.3 is 0 Å². The van der Waals surface area contributed by atoms with Gasteiger partial charge in [-0.15, -0.1) is 0 Å². The molecule has 1 aliphatic heterocycles. The number of imidazole rings is 2. The van der Waals surface area contributed by atoms with Crippen molar-refractivity contribution in [3.05, 3.63) is 60.4 Å². The van der Waals surface area contributed by atoms with Crippen LogP contribution in [0.25, 0.3) is 33.9 Å². The third-order valence-electron chi connectivity index (χ3n) is 7.28. The van der Waals surface area contributed by atoms with Crippen molar-refractivity contribution in [1.29, 1.82) is 0 Å². The fourth-order valence-corrected chi connectivity index (χ4v) is 5.02.